The maximum absolute atomic E-state index is 13.0. The monoisotopic (exact) mass is 434 g/mol. The molecular weight excluding hydrogens is 416 g/mol. The average Bonchev–Trinajstić information content (AvgIpc) is 2.98. The number of hydrogen-bond donors (Lipinski definition) is 0. The average molecular weight is 435 g/mol. The van der Waals surface area contributed by atoms with Gasteiger partial charge >= 0.3 is 6.18 Å². The van der Waals surface area contributed by atoms with Gasteiger partial charge in [-0.2, -0.15) is 18.3 Å². The summed E-state index contributed by atoms with van der Waals surface area (Å²) in [6.45, 7) is 3.62. The van der Waals surface area contributed by atoms with E-state index < -0.39 is 16.9 Å². The van der Waals surface area contributed by atoms with Gasteiger partial charge in [-0.1, -0.05) is 30.1 Å². The molecule has 0 atom stereocenters. The van der Waals surface area contributed by atoms with Crippen molar-refractivity contribution in [3.05, 3.63) is 45.7 Å². The number of benzene rings is 1. The molecule has 1 fully saturated rings. The molecule has 1 aromatic carbocycles. The van der Waals surface area contributed by atoms with Crippen molar-refractivity contribution in [2.75, 3.05) is 31.1 Å². The number of halogens is 5. The highest BCUT2D eigenvalue weighted by Gasteiger charge is 2.39. The SMILES string of the molecule is CCc1c(Cl)c(C(F)(F)F)nn1CC(=O)N1CCN(c2ccc(Cl)cc2)CC1. The van der Waals surface area contributed by atoms with Gasteiger partial charge in [0.2, 0.25) is 5.91 Å². The van der Waals surface area contributed by atoms with Crippen molar-refractivity contribution in [2.45, 2.75) is 26.1 Å². The van der Waals surface area contributed by atoms with Crippen LogP contribution in [0.4, 0.5) is 18.9 Å². The largest absolute Gasteiger partial charge is 0.436 e. The Morgan fingerprint density at radius 1 is 1.11 bits per heavy atom. The number of anilines is 1. The first kappa shape index (κ1) is 20.8. The summed E-state index contributed by atoms with van der Waals surface area (Å²) in [4.78, 5) is 16.4. The van der Waals surface area contributed by atoms with Gasteiger partial charge in [0.25, 0.3) is 0 Å². The third-order valence-electron chi connectivity index (χ3n) is 4.71. The van der Waals surface area contributed by atoms with Gasteiger partial charge in [-0.25, -0.2) is 0 Å². The highest BCUT2D eigenvalue weighted by molar-refractivity contribution is 6.32. The standard InChI is InChI=1S/C18H19Cl2F3N4O/c1-2-14-16(20)17(18(21,22)23)24-27(14)11-15(28)26-9-7-25(8-10-26)13-5-3-12(19)4-6-13/h3-6H,2,7-11H2,1H3. The first-order valence-corrected chi connectivity index (χ1v) is 9.57. The fourth-order valence-electron chi connectivity index (χ4n) is 3.22. The van der Waals surface area contributed by atoms with Crippen LogP contribution in [-0.2, 0) is 23.9 Å². The minimum atomic E-state index is -4.65. The van der Waals surface area contributed by atoms with Crippen molar-refractivity contribution in [1.29, 1.82) is 0 Å². The Kier molecular flexibility index (Phi) is 6.09. The van der Waals surface area contributed by atoms with Crippen LogP contribution < -0.4 is 4.90 Å². The van der Waals surface area contributed by atoms with Crippen LogP contribution in [0.2, 0.25) is 10.0 Å². The molecule has 0 spiro atoms. The summed E-state index contributed by atoms with van der Waals surface area (Å²) in [5, 5.41) is 3.77. The first-order valence-electron chi connectivity index (χ1n) is 8.81. The third kappa shape index (κ3) is 4.38. The van der Waals surface area contributed by atoms with Gasteiger partial charge in [0.15, 0.2) is 5.69 Å². The summed E-state index contributed by atoms with van der Waals surface area (Å²) in [7, 11) is 0. The van der Waals surface area contributed by atoms with Gasteiger partial charge in [-0.15, -0.1) is 0 Å². The molecule has 0 unspecified atom stereocenters. The molecule has 0 N–H and O–H groups in total. The van der Waals surface area contributed by atoms with Crippen LogP contribution in [0.5, 0.6) is 0 Å². The molecule has 0 saturated carbocycles. The quantitative estimate of drug-likeness (QED) is 0.726. The zero-order valence-electron chi connectivity index (χ0n) is 15.1. The van der Waals surface area contributed by atoms with Crippen molar-refractivity contribution in [3.63, 3.8) is 0 Å². The third-order valence-corrected chi connectivity index (χ3v) is 5.36. The molecule has 2 heterocycles. The molecule has 0 bridgehead atoms. The van der Waals surface area contributed by atoms with Gasteiger partial charge in [-0.3, -0.25) is 9.48 Å². The predicted octanol–water partition coefficient (Wildman–Crippen LogP) is 4.12. The Morgan fingerprint density at radius 3 is 2.25 bits per heavy atom. The van der Waals surface area contributed by atoms with Crippen molar-refractivity contribution in [3.8, 4) is 0 Å². The molecule has 1 aliphatic rings. The second kappa shape index (κ2) is 8.21. The molecule has 1 amide bonds. The number of amides is 1. The van der Waals surface area contributed by atoms with Gasteiger partial charge in [-0.05, 0) is 30.7 Å². The van der Waals surface area contributed by atoms with E-state index >= 15 is 0 Å². The van der Waals surface area contributed by atoms with Crippen LogP contribution >= 0.6 is 23.2 Å². The molecule has 5 nitrogen and oxygen atoms in total. The highest BCUT2D eigenvalue weighted by Crippen LogP contribution is 2.35. The Bertz CT molecular complexity index is 844. The summed E-state index contributed by atoms with van der Waals surface area (Å²) >= 11 is 11.7. The van der Waals surface area contributed by atoms with E-state index in [0.29, 0.717) is 31.2 Å². The molecule has 0 aliphatic carbocycles. The maximum atomic E-state index is 13.0. The lowest BCUT2D eigenvalue weighted by Crippen LogP contribution is -2.49. The summed E-state index contributed by atoms with van der Waals surface area (Å²) in [6.07, 6.45) is -4.40. The van der Waals surface area contributed by atoms with Gasteiger partial charge < -0.3 is 9.80 Å². The van der Waals surface area contributed by atoms with E-state index in [2.05, 4.69) is 10.00 Å². The van der Waals surface area contributed by atoms with E-state index in [9.17, 15) is 18.0 Å². The van der Waals surface area contributed by atoms with Crippen LogP contribution in [0.1, 0.15) is 18.3 Å². The van der Waals surface area contributed by atoms with Gasteiger partial charge in [0.05, 0.1) is 10.7 Å². The molecule has 1 saturated heterocycles. The molecule has 1 aliphatic heterocycles. The fourth-order valence-corrected chi connectivity index (χ4v) is 3.72. The predicted molar refractivity (Wildman–Crippen MR) is 102 cm³/mol. The topological polar surface area (TPSA) is 41.4 Å². The molecular formula is C18H19Cl2F3N4O. The van der Waals surface area contributed by atoms with Crippen molar-refractivity contribution in [1.82, 2.24) is 14.7 Å². The number of carbonyl (C=O) groups excluding carboxylic acids is 1. The number of hydrogen-bond acceptors (Lipinski definition) is 3. The number of carbonyl (C=O) groups is 1. The summed E-state index contributed by atoms with van der Waals surface area (Å²) in [6, 6.07) is 7.44. The lowest BCUT2D eigenvalue weighted by atomic mass is 10.2. The van der Waals surface area contributed by atoms with E-state index in [1.165, 1.54) is 0 Å². The van der Waals surface area contributed by atoms with E-state index in [4.69, 9.17) is 23.2 Å². The molecule has 28 heavy (non-hydrogen) atoms. The smallest absolute Gasteiger partial charge is 0.368 e. The lowest BCUT2D eigenvalue weighted by Gasteiger charge is -2.36. The van der Waals surface area contributed by atoms with Crippen LogP contribution in [0.15, 0.2) is 24.3 Å². The summed E-state index contributed by atoms with van der Waals surface area (Å²) < 4.78 is 40.2. The molecule has 0 radical (unpaired) electrons. The lowest BCUT2D eigenvalue weighted by molar-refractivity contribution is -0.142. The van der Waals surface area contributed by atoms with E-state index in [1.54, 1.807) is 24.0 Å². The van der Waals surface area contributed by atoms with Gasteiger partial charge in [0, 0.05) is 36.9 Å². The molecule has 152 valence electrons. The maximum Gasteiger partial charge on any atom is 0.436 e. The minimum absolute atomic E-state index is 0.210. The van der Waals surface area contributed by atoms with E-state index in [-0.39, 0.29) is 24.6 Å². The molecule has 2 aromatic rings. The molecule has 10 heteroatoms. The second-order valence-electron chi connectivity index (χ2n) is 6.46. The van der Waals surface area contributed by atoms with Crippen molar-refractivity contribution >= 4 is 34.8 Å². The number of aromatic nitrogens is 2. The Morgan fingerprint density at radius 2 is 1.71 bits per heavy atom. The first-order chi connectivity index (χ1) is 13.2. The van der Waals surface area contributed by atoms with Crippen LogP contribution in [0.3, 0.4) is 0 Å². The van der Waals surface area contributed by atoms with Gasteiger partial charge in [0.1, 0.15) is 6.54 Å². The van der Waals surface area contributed by atoms with Crippen LogP contribution in [0.25, 0.3) is 0 Å². The zero-order chi connectivity index (χ0) is 20.5. The number of piperazine rings is 1. The molecule has 3 rings (SSSR count). The Balaban J connectivity index is 1.66. The highest BCUT2D eigenvalue weighted by atomic mass is 35.5. The Labute approximate surface area is 170 Å². The normalized spacial score (nSPS) is 15.2. The Hall–Kier alpha value is -1.93. The van der Waals surface area contributed by atoms with Crippen LogP contribution in [-0.4, -0.2) is 46.8 Å². The van der Waals surface area contributed by atoms with E-state index in [1.807, 2.05) is 12.1 Å². The summed E-state index contributed by atoms with van der Waals surface area (Å²) in [5.74, 6) is -0.279. The number of rotatable bonds is 4. The van der Waals surface area contributed by atoms with Crippen LogP contribution in [0, 0.1) is 0 Å². The zero-order valence-corrected chi connectivity index (χ0v) is 16.7. The second-order valence-corrected chi connectivity index (χ2v) is 7.28. The van der Waals surface area contributed by atoms with Crippen molar-refractivity contribution in [2.24, 2.45) is 0 Å². The fraction of sp³-hybridized carbons (Fsp3) is 0.444. The van der Waals surface area contributed by atoms with Crippen molar-refractivity contribution < 1.29 is 18.0 Å². The minimum Gasteiger partial charge on any atom is -0.368 e. The number of alkyl halides is 3. The summed E-state index contributed by atoms with van der Waals surface area (Å²) in [5.41, 5.74) is 0.0759. The number of nitrogens with zero attached hydrogens (tertiary/aromatic N) is 4. The molecule has 1 aromatic heterocycles. The van der Waals surface area contributed by atoms with E-state index in [0.717, 1.165) is 10.4 Å².